The number of aryl methyl sites for hydroxylation is 1. The molecule has 0 saturated carbocycles. The molecule has 0 radical (unpaired) electrons. The number of hydrogen-bond donors (Lipinski definition) is 1. The Morgan fingerprint density at radius 2 is 2.00 bits per heavy atom. The van der Waals surface area contributed by atoms with Crippen LogP contribution in [0.1, 0.15) is 56.1 Å². The summed E-state index contributed by atoms with van der Waals surface area (Å²) < 4.78 is 1.70. The Hall–Kier alpha value is -1.32. The van der Waals surface area contributed by atoms with Gasteiger partial charge in [0.15, 0.2) is 5.69 Å². The van der Waals surface area contributed by atoms with Crippen molar-refractivity contribution in [3.05, 3.63) is 17.2 Å². The second-order valence-electron chi connectivity index (χ2n) is 5.09. The van der Waals surface area contributed by atoms with Crippen molar-refractivity contribution < 1.29 is 9.90 Å². The third-order valence-electron chi connectivity index (χ3n) is 2.57. The van der Waals surface area contributed by atoms with Crippen LogP contribution in [0.5, 0.6) is 0 Å². The second-order valence-corrected chi connectivity index (χ2v) is 5.09. The largest absolute Gasteiger partial charge is 0.477 e. The maximum Gasteiger partial charge on any atom is 0.354 e. The van der Waals surface area contributed by atoms with Crippen LogP contribution < -0.4 is 0 Å². The van der Waals surface area contributed by atoms with Crippen LogP contribution in [0, 0.1) is 0 Å². The zero-order valence-corrected chi connectivity index (χ0v) is 10.7. The fourth-order valence-electron chi connectivity index (χ4n) is 1.76. The molecule has 1 N–H and O–H groups in total. The van der Waals surface area contributed by atoms with Gasteiger partial charge in [0.1, 0.15) is 5.82 Å². The number of nitrogens with zero attached hydrogens (tertiary/aromatic N) is 2. The molecule has 90 valence electrons. The van der Waals surface area contributed by atoms with Crippen LogP contribution in [0.2, 0.25) is 0 Å². The Labute approximate surface area is 96.3 Å². The lowest BCUT2D eigenvalue weighted by Gasteiger charge is -2.16. The van der Waals surface area contributed by atoms with Gasteiger partial charge in [-0.3, -0.25) is 0 Å². The van der Waals surface area contributed by atoms with Gasteiger partial charge >= 0.3 is 5.97 Å². The van der Waals surface area contributed by atoms with Crippen molar-refractivity contribution in [3.8, 4) is 0 Å². The highest BCUT2D eigenvalue weighted by atomic mass is 16.4. The molecule has 4 heteroatoms. The lowest BCUT2D eigenvalue weighted by molar-refractivity contribution is 0.0683. The normalized spacial score (nSPS) is 11.8. The molecule has 0 aliphatic rings. The molecule has 0 atom stereocenters. The Bertz CT molecular complexity index is 400. The summed E-state index contributed by atoms with van der Waals surface area (Å²) in [6.07, 6.45) is 1.78. The third kappa shape index (κ3) is 2.26. The van der Waals surface area contributed by atoms with Gasteiger partial charge in [-0.15, -0.1) is 0 Å². The number of carboxylic acid groups (broad SMARTS) is 1. The van der Waals surface area contributed by atoms with Gasteiger partial charge in [0.05, 0.1) is 5.69 Å². The summed E-state index contributed by atoms with van der Waals surface area (Å²) in [5.74, 6) is -0.0490. The summed E-state index contributed by atoms with van der Waals surface area (Å²) in [7, 11) is 1.77. The van der Waals surface area contributed by atoms with E-state index >= 15 is 0 Å². The number of hydrogen-bond acceptors (Lipinski definition) is 2. The number of carboxylic acids is 1. The first-order chi connectivity index (χ1) is 7.29. The van der Waals surface area contributed by atoms with Crippen LogP contribution in [0.15, 0.2) is 0 Å². The van der Waals surface area contributed by atoms with Crippen LogP contribution in [0.3, 0.4) is 0 Å². The predicted octanol–water partition coefficient (Wildman–Crippen LogP) is 2.37. The molecular formula is C12H20N2O2. The number of rotatable bonds is 3. The molecule has 0 unspecified atom stereocenters. The molecule has 1 rings (SSSR count). The average Bonchev–Trinajstić information content (AvgIpc) is 2.44. The van der Waals surface area contributed by atoms with Crippen molar-refractivity contribution in [2.45, 2.75) is 46.0 Å². The molecular weight excluding hydrogens is 204 g/mol. The molecule has 1 heterocycles. The predicted molar refractivity (Wildman–Crippen MR) is 62.9 cm³/mol. The molecule has 0 amide bonds. The Morgan fingerprint density at radius 1 is 1.44 bits per heavy atom. The van der Waals surface area contributed by atoms with E-state index in [1.54, 1.807) is 11.6 Å². The zero-order chi connectivity index (χ0) is 12.5. The summed E-state index contributed by atoms with van der Waals surface area (Å²) >= 11 is 0. The SMILES string of the molecule is CCCc1nc(C(C)(C)C)c(C(=O)O)n1C. The van der Waals surface area contributed by atoms with E-state index in [1.807, 2.05) is 20.8 Å². The third-order valence-corrected chi connectivity index (χ3v) is 2.57. The van der Waals surface area contributed by atoms with Crippen LogP contribution in [-0.4, -0.2) is 20.6 Å². The standard InChI is InChI=1S/C12H20N2O2/c1-6-7-8-13-10(12(2,3)4)9(11(15)16)14(8)5/h6-7H2,1-5H3,(H,15,16). The molecule has 0 aliphatic heterocycles. The first-order valence-electron chi connectivity index (χ1n) is 5.58. The fourth-order valence-corrected chi connectivity index (χ4v) is 1.76. The van der Waals surface area contributed by atoms with Crippen molar-refractivity contribution in [2.75, 3.05) is 0 Å². The second kappa shape index (κ2) is 4.28. The first-order valence-corrected chi connectivity index (χ1v) is 5.58. The smallest absolute Gasteiger partial charge is 0.354 e. The van der Waals surface area contributed by atoms with Gasteiger partial charge in [-0.25, -0.2) is 9.78 Å². The summed E-state index contributed by atoms with van der Waals surface area (Å²) in [5, 5.41) is 9.23. The van der Waals surface area contributed by atoms with Crippen molar-refractivity contribution >= 4 is 5.97 Å². The van der Waals surface area contributed by atoms with Crippen LogP contribution in [-0.2, 0) is 18.9 Å². The van der Waals surface area contributed by atoms with Crippen molar-refractivity contribution in [2.24, 2.45) is 7.05 Å². The van der Waals surface area contributed by atoms with E-state index in [-0.39, 0.29) is 5.41 Å². The molecule has 0 aromatic carbocycles. The maximum absolute atomic E-state index is 11.2. The van der Waals surface area contributed by atoms with Gasteiger partial charge in [0.25, 0.3) is 0 Å². The van der Waals surface area contributed by atoms with Crippen molar-refractivity contribution in [1.29, 1.82) is 0 Å². The van der Waals surface area contributed by atoms with Gasteiger partial charge in [-0.1, -0.05) is 27.7 Å². The monoisotopic (exact) mass is 224 g/mol. The van der Waals surface area contributed by atoms with Crippen LogP contribution >= 0.6 is 0 Å². The topological polar surface area (TPSA) is 55.1 Å². The molecule has 0 fully saturated rings. The average molecular weight is 224 g/mol. The highest BCUT2D eigenvalue weighted by Gasteiger charge is 2.28. The molecule has 0 spiro atoms. The lowest BCUT2D eigenvalue weighted by Crippen LogP contribution is -2.18. The summed E-state index contributed by atoms with van der Waals surface area (Å²) in [5.41, 5.74) is 0.749. The van der Waals surface area contributed by atoms with E-state index < -0.39 is 5.97 Å². The van der Waals surface area contributed by atoms with Crippen molar-refractivity contribution in [1.82, 2.24) is 9.55 Å². The first kappa shape index (κ1) is 12.7. The molecule has 1 aromatic heterocycles. The zero-order valence-electron chi connectivity index (χ0n) is 10.7. The quantitative estimate of drug-likeness (QED) is 0.857. The van der Waals surface area contributed by atoms with E-state index in [0.29, 0.717) is 11.4 Å². The molecule has 0 bridgehead atoms. The Morgan fingerprint density at radius 3 is 2.31 bits per heavy atom. The summed E-state index contributed by atoms with van der Waals surface area (Å²) in [6.45, 7) is 8.01. The van der Waals surface area contributed by atoms with E-state index in [2.05, 4.69) is 11.9 Å². The number of carbonyl (C=O) groups is 1. The molecule has 16 heavy (non-hydrogen) atoms. The molecule has 4 nitrogen and oxygen atoms in total. The highest BCUT2D eigenvalue weighted by Crippen LogP contribution is 2.26. The van der Waals surface area contributed by atoms with E-state index in [4.69, 9.17) is 0 Å². The highest BCUT2D eigenvalue weighted by molar-refractivity contribution is 5.87. The minimum Gasteiger partial charge on any atom is -0.477 e. The van der Waals surface area contributed by atoms with Gasteiger partial charge in [-0.05, 0) is 6.42 Å². The van der Waals surface area contributed by atoms with Crippen LogP contribution in [0.25, 0.3) is 0 Å². The Balaban J connectivity index is 3.37. The van der Waals surface area contributed by atoms with E-state index in [9.17, 15) is 9.90 Å². The van der Waals surface area contributed by atoms with Gasteiger partial charge in [-0.2, -0.15) is 0 Å². The van der Waals surface area contributed by atoms with Crippen LogP contribution in [0.4, 0.5) is 0 Å². The van der Waals surface area contributed by atoms with Gasteiger partial charge < -0.3 is 9.67 Å². The van der Waals surface area contributed by atoms with Gasteiger partial charge in [0.2, 0.25) is 0 Å². The summed E-state index contributed by atoms with van der Waals surface area (Å²) in [4.78, 5) is 15.7. The fraction of sp³-hybridized carbons (Fsp3) is 0.667. The van der Waals surface area contributed by atoms with Crippen molar-refractivity contribution in [3.63, 3.8) is 0 Å². The number of aromatic nitrogens is 2. The molecule has 0 saturated heterocycles. The number of aromatic carboxylic acids is 1. The molecule has 0 aliphatic carbocycles. The maximum atomic E-state index is 11.2. The number of imidazole rings is 1. The Kier molecular flexibility index (Phi) is 3.41. The minimum absolute atomic E-state index is 0.239. The molecule has 1 aromatic rings. The minimum atomic E-state index is -0.901. The van der Waals surface area contributed by atoms with Gasteiger partial charge in [0, 0.05) is 18.9 Å². The lowest BCUT2D eigenvalue weighted by atomic mass is 9.90. The summed E-state index contributed by atoms with van der Waals surface area (Å²) in [6, 6.07) is 0. The van der Waals surface area contributed by atoms with E-state index in [0.717, 1.165) is 18.7 Å². The van der Waals surface area contributed by atoms with E-state index in [1.165, 1.54) is 0 Å².